The van der Waals surface area contributed by atoms with Gasteiger partial charge in [-0.3, -0.25) is 0 Å². The predicted octanol–water partition coefficient (Wildman–Crippen LogP) is 5.38. The Morgan fingerprint density at radius 2 is 1.70 bits per heavy atom. The molecule has 1 aromatic carbocycles. The largest absolute Gasteiger partial charge is 0.493 e. The summed E-state index contributed by atoms with van der Waals surface area (Å²) in [5.41, 5.74) is 6.42. The van der Waals surface area contributed by atoms with E-state index in [4.69, 9.17) is 14.5 Å². The lowest BCUT2D eigenvalue weighted by Gasteiger charge is -2.62. The first-order valence-corrected chi connectivity index (χ1v) is 14.2. The summed E-state index contributed by atoms with van der Waals surface area (Å²) in [5, 5.41) is 0. The van der Waals surface area contributed by atoms with Crippen LogP contribution in [0, 0.1) is 18.3 Å². The van der Waals surface area contributed by atoms with Crippen molar-refractivity contribution in [1.82, 2.24) is 19.2 Å². The average molecular weight is 501 g/mol. The third kappa shape index (κ3) is 4.32. The van der Waals surface area contributed by atoms with E-state index < -0.39 is 0 Å². The number of hydrogen-bond acceptors (Lipinski definition) is 5. The van der Waals surface area contributed by atoms with E-state index in [0.717, 1.165) is 40.4 Å². The van der Waals surface area contributed by atoms with Crippen LogP contribution in [0.4, 0.5) is 0 Å². The van der Waals surface area contributed by atoms with Gasteiger partial charge in [-0.15, -0.1) is 0 Å². The predicted molar refractivity (Wildman–Crippen MR) is 147 cm³/mol. The summed E-state index contributed by atoms with van der Waals surface area (Å²) in [7, 11) is 3.34. The topological polar surface area (TPSA) is 42.2 Å². The number of aromatic nitrogens is 2. The Hall–Kier alpha value is -2.57. The number of fused-ring (bicyclic) bond motifs is 1. The molecule has 6 nitrogen and oxygen atoms in total. The maximum atomic E-state index is 5.51. The molecule has 3 aromatic rings. The summed E-state index contributed by atoms with van der Waals surface area (Å²) < 4.78 is 13.1. The highest BCUT2D eigenvalue weighted by atomic mass is 16.5. The van der Waals surface area contributed by atoms with Crippen molar-refractivity contribution < 1.29 is 9.47 Å². The number of imidazole rings is 1. The van der Waals surface area contributed by atoms with Crippen LogP contribution in [0.25, 0.3) is 16.9 Å². The van der Waals surface area contributed by atoms with E-state index in [1.165, 1.54) is 82.4 Å². The van der Waals surface area contributed by atoms with Gasteiger partial charge in [0.15, 0.2) is 11.5 Å². The smallest absolute Gasteiger partial charge is 0.161 e. The summed E-state index contributed by atoms with van der Waals surface area (Å²) in [6.45, 7) is 8.83. The Morgan fingerprint density at radius 1 is 0.946 bits per heavy atom. The molecule has 2 aliphatic heterocycles. The van der Waals surface area contributed by atoms with Crippen LogP contribution < -0.4 is 9.47 Å². The van der Waals surface area contributed by atoms with Crippen molar-refractivity contribution in [3.05, 3.63) is 47.8 Å². The van der Waals surface area contributed by atoms with Crippen molar-refractivity contribution in [3.63, 3.8) is 0 Å². The standard InChI is InChI=1S/C31H40N4O2/c1-21-12-25(17-35-18-27(32-30(21)35)24-6-7-28(36-2)29(13-24)37-3)23-8-10-34(11-9-23)26-14-31(15-26)19-33(20-31)16-22-4-5-22/h6-7,12-13,17-18,22-23,26H,4-5,8-11,14-16,19-20H2,1-3H3. The SMILES string of the molecule is COc1ccc(-c2cn3cc(C4CCN(C5CC6(C5)CN(CC5CC5)C6)CC4)cc(C)c3n2)cc1OC. The maximum Gasteiger partial charge on any atom is 0.161 e. The molecule has 7 rings (SSSR count). The van der Waals surface area contributed by atoms with Gasteiger partial charge in [0, 0.05) is 43.6 Å². The maximum absolute atomic E-state index is 5.51. The number of ether oxygens (including phenoxy) is 2. The summed E-state index contributed by atoms with van der Waals surface area (Å²) in [6.07, 6.45) is 12.8. The molecule has 6 heteroatoms. The van der Waals surface area contributed by atoms with E-state index in [-0.39, 0.29) is 0 Å². The minimum absolute atomic E-state index is 0.637. The minimum Gasteiger partial charge on any atom is -0.493 e. The molecule has 0 bridgehead atoms. The number of pyridine rings is 1. The molecule has 2 aliphatic carbocycles. The molecule has 2 aromatic heterocycles. The molecule has 4 aliphatic rings. The molecule has 0 amide bonds. The van der Waals surface area contributed by atoms with Crippen LogP contribution in [0.15, 0.2) is 36.7 Å². The minimum atomic E-state index is 0.637. The van der Waals surface area contributed by atoms with Gasteiger partial charge in [0.05, 0.1) is 19.9 Å². The molecule has 0 unspecified atom stereocenters. The van der Waals surface area contributed by atoms with Gasteiger partial charge in [-0.1, -0.05) is 6.07 Å². The third-order valence-electron chi connectivity index (χ3n) is 9.62. The number of likely N-dealkylation sites (tertiary alicyclic amines) is 2. The van der Waals surface area contributed by atoms with Crippen molar-refractivity contribution >= 4 is 5.65 Å². The number of nitrogens with zero attached hydrogens (tertiary/aromatic N) is 4. The normalized spacial score (nSPS) is 22.8. The molecule has 1 spiro atoms. The Balaban J connectivity index is 0.996. The van der Waals surface area contributed by atoms with Gasteiger partial charge in [-0.05, 0) is 105 Å². The van der Waals surface area contributed by atoms with Crippen LogP contribution >= 0.6 is 0 Å². The molecule has 2 saturated carbocycles. The highest BCUT2D eigenvalue weighted by molar-refractivity contribution is 5.67. The van der Waals surface area contributed by atoms with E-state index in [9.17, 15) is 0 Å². The number of rotatable bonds is 7. The zero-order chi connectivity index (χ0) is 25.1. The van der Waals surface area contributed by atoms with Crippen molar-refractivity contribution in [3.8, 4) is 22.8 Å². The van der Waals surface area contributed by atoms with E-state index in [1.807, 2.05) is 18.2 Å². The second-order valence-corrected chi connectivity index (χ2v) is 12.4. The lowest BCUT2D eigenvalue weighted by atomic mass is 9.60. The molecule has 4 fully saturated rings. The average Bonchev–Trinajstić information content (AvgIpc) is 3.59. The molecule has 196 valence electrons. The highest BCUT2D eigenvalue weighted by Crippen LogP contribution is 2.51. The van der Waals surface area contributed by atoms with Crippen molar-refractivity contribution in [1.29, 1.82) is 0 Å². The number of aryl methyl sites for hydroxylation is 1. The molecular formula is C31H40N4O2. The Labute approximate surface area is 220 Å². The third-order valence-corrected chi connectivity index (χ3v) is 9.62. The molecule has 0 radical (unpaired) electrons. The van der Waals surface area contributed by atoms with E-state index >= 15 is 0 Å². The number of hydrogen-bond donors (Lipinski definition) is 0. The van der Waals surface area contributed by atoms with Crippen molar-refractivity contribution in [2.24, 2.45) is 11.3 Å². The number of benzene rings is 1. The Bertz CT molecular complexity index is 1290. The molecule has 4 heterocycles. The van der Waals surface area contributed by atoms with Crippen LogP contribution in [0.2, 0.25) is 0 Å². The van der Waals surface area contributed by atoms with Crippen LogP contribution in [-0.2, 0) is 0 Å². The summed E-state index contributed by atoms with van der Waals surface area (Å²) >= 11 is 0. The monoisotopic (exact) mass is 500 g/mol. The lowest BCUT2D eigenvalue weighted by molar-refractivity contribution is -0.113. The highest BCUT2D eigenvalue weighted by Gasteiger charge is 2.54. The van der Waals surface area contributed by atoms with Gasteiger partial charge in [-0.2, -0.15) is 0 Å². The van der Waals surface area contributed by atoms with Crippen molar-refractivity contribution in [2.45, 2.75) is 57.4 Å². The van der Waals surface area contributed by atoms with Gasteiger partial charge >= 0.3 is 0 Å². The van der Waals surface area contributed by atoms with Gasteiger partial charge < -0.3 is 23.7 Å². The zero-order valence-corrected chi connectivity index (χ0v) is 22.6. The second kappa shape index (κ2) is 9.02. The summed E-state index contributed by atoms with van der Waals surface area (Å²) in [5.74, 6) is 3.14. The van der Waals surface area contributed by atoms with Gasteiger partial charge in [0.2, 0.25) is 0 Å². The van der Waals surface area contributed by atoms with Crippen LogP contribution in [0.3, 0.4) is 0 Å². The molecular weight excluding hydrogens is 460 g/mol. The lowest BCUT2D eigenvalue weighted by Crippen LogP contribution is -2.67. The first-order valence-electron chi connectivity index (χ1n) is 14.2. The molecule has 37 heavy (non-hydrogen) atoms. The zero-order valence-electron chi connectivity index (χ0n) is 22.6. The number of piperidine rings is 1. The van der Waals surface area contributed by atoms with Crippen LogP contribution in [-0.4, -0.2) is 72.2 Å². The van der Waals surface area contributed by atoms with Crippen LogP contribution in [0.5, 0.6) is 11.5 Å². The fraction of sp³-hybridized carbons (Fsp3) is 0.581. The number of methoxy groups -OCH3 is 2. The summed E-state index contributed by atoms with van der Waals surface area (Å²) in [6, 6.07) is 9.22. The van der Waals surface area contributed by atoms with E-state index in [2.05, 4.69) is 39.6 Å². The van der Waals surface area contributed by atoms with Crippen molar-refractivity contribution in [2.75, 3.05) is 46.9 Å². The van der Waals surface area contributed by atoms with Crippen LogP contribution in [0.1, 0.15) is 55.6 Å². The Kier molecular flexibility index (Phi) is 5.74. The summed E-state index contributed by atoms with van der Waals surface area (Å²) in [4.78, 5) is 10.5. The second-order valence-electron chi connectivity index (χ2n) is 12.4. The Morgan fingerprint density at radius 3 is 2.41 bits per heavy atom. The fourth-order valence-corrected chi connectivity index (χ4v) is 7.41. The van der Waals surface area contributed by atoms with E-state index in [0.29, 0.717) is 11.3 Å². The first kappa shape index (κ1) is 23.5. The quantitative estimate of drug-likeness (QED) is 0.436. The fourth-order valence-electron chi connectivity index (χ4n) is 7.41. The molecule has 0 N–H and O–H groups in total. The van der Waals surface area contributed by atoms with Gasteiger partial charge in [-0.25, -0.2) is 4.98 Å². The van der Waals surface area contributed by atoms with E-state index in [1.54, 1.807) is 14.2 Å². The van der Waals surface area contributed by atoms with Gasteiger partial charge in [0.1, 0.15) is 5.65 Å². The first-order chi connectivity index (χ1) is 18.0. The van der Waals surface area contributed by atoms with Gasteiger partial charge in [0.25, 0.3) is 0 Å². The molecule has 0 atom stereocenters. The molecule has 2 saturated heterocycles.